The van der Waals surface area contributed by atoms with Gasteiger partial charge in [0.2, 0.25) is 0 Å². The second kappa shape index (κ2) is 5.65. The van der Waals surface area contributed by atoms with Crippen LogP contribution < -0.4 is 5.32 Å². The van der Waals surface area contributed by atoms with Crippen molar-refractivity contribution in [3.8, 4) is 5.69 Å². The zero-order chi connectivity index (χ0) is 14.7. The highest BCUT2D eigenvalue weighted by Gasteiger charge is 2.30. The summed E-state index contributed by atoms with van der Waals surface area (Å²) in [5.41, 5.74) is 1.11. The lowest BCUT2D eigenvalue weighted by atomic mass is 10.0. The Hall–Kier alpha value is -2.21. The summed E-state index contributed by atoms with van der Waals surface area (Å²) in [5, 5.41) is 10.5. The molecule has 3 rings (SSSR count). The van der Waals surface area contributed by atoms with Crippen molar-refractivity contribution in [2.24, 2.45) is 0 Å². The molecule has 21 heavy (non-hydrogen) atoms. The normalized spacial score (nSPS) is 21.4. The van der Waals surface area contributed by atoms with Crippen LogP contribution in [0, 0.1) is 0 Å². The lowest BCUT2D eigenvalue weighted by Gasteiger charge is -2.23. The summed E-state index contributed by atoms with van der Waals surface area (Å²) in [7, 11) is 0. The predicted molar refractivity (Wildman–Crippen MR) is 77.3 cm³/mol. The zero-order valence-corrected chi connectivity index (χ0v) is 12.0. The molecule has 0 radical (unpaired) electrons. The summed E-state index contributed by atoms with van der Waals surface area (Å²) in [5.74, 6) is -0.115. The van der Waals surface area contributed by atoms with E-state index in [-0.39, 0.29) is 11.5 Å². The van der Waals surface area contributed by atoms with Gasteiger partial charge >= 0.3 is 0 Å². The Kier molecular flexibility index (Phi) is 3.70. The molecule has 1 amide bonds. The van der Waals surface area contributed by atoms with Crippen LogP contribution in [0.3, 0.4) is 0 Å². The Morgan fingerprint density at radius 2 is 2.14 bits per heavy atom. The lowest BCUT2D eigenvalue weighted by Crippen LogP contribution is -2.40. The Morgan fingerprint density at radius 1 is 1.38 bits per heavy atom. The molecule has 1 aliphatic rings. The third-order valence-electron chi connectivity index (χ3n) is 3.77. The van der Waals surface area contributed by atoms with Crippen molar-refractivity contribution in [1.29, 1.82) is 0 Å². The van der Waals surface area contributed by atoms with Crippen LogP contribution in [0.15, 0.2) is 36.9 Å². The topological polar surface area (TPSA) is 69.0 Å². The first-order chi connectivity index (χ1) is 10.2. The van der Waals surface area contributed by atoms with Crippen molar-refractivity contribution in [2.45, 2.75) is 25.4 Å². The minimum Gasteiger partial charge on any atom is -0.373 e. The first-order valence-electron chi connectivity index (χ1n) is 7.04. The van der Waals surface area contributed by atoms with Crippen LogP contribution >= 0.6 is 0 Å². The summed E-state index contributed by atoms with van der Waals surface area (Å²) in [4.78, 5) is 12.4. The Labute approximate surface area is 123 Å². The first kappa shape index (κ1) is 13.8. The quantitative estimate of drug-likeness (QED) is 0.926. The Morgan fingerprint density at radius 3 is 2.86 bits per heavy atom. The van der Waals surface area contributed by atoms with Gasteiger partial charge in [-0.05, 0) is 31.9 Å². The predicted octanol–water partition coefficient (Wildman–Crippen LogP) is 1.57. The molecule has 2 aromatic rings. The summed E-state index contributed by atoms with van der Waals surface area (Å²) >= 11 is 0. The van der Waals surface area contributed by atoms with Crippen LogP contribution in [0.2, 0.25) is 0 Å². The smallest absolute Gasteiger partial charge is 0.253 e. The molecule has 1 N–H and O–H groups in total. The number of hydrogen-bond acceptors (Lipinski definition) is 4. The van der Waals surface area contributed by atoms with Crippen molar-refractivity contribution in [3.63, 3.8) is 0 Å². The molecule has 110 valence electrons. The number of ether oxygens (including phenoxy) is 1. The van der Waals surface area contributed by atoms with Gasteiger partial charge in [0.25, 0.3) is 5.91 Å². The van der Waals surface area contributed by atoms with Crippen LogP contribution in [-0.2, 0) is 4.74 Å². The second-order valence-electron chi connectivity index (χ2n) is 5.47. The van der Waals surface area contributed by atoms with Gasteiger partial charge in [-0.25, -0.2) is 0 Å². The Bertz CT molecular complexity index is 618. The van der Waals surface area contributed by atoms with E-state index < -0.39 is 0 Å². The van der Waals surface area contributed by atoms with Gasteiger partial charge in [-0.15, -0.1) is 10.2 Å². The van der Waals surface area contributed by atoms with E-state index in [4.69, 9.17) is 4.74 Å². The number of nitrogens with one attached hydrogen (secondary N) is 1. The summed E-state index contributed by atoms with van der Waals surface area (Å²) in [6.07, 6.45) is 5.17. The monoisotopic (exact) mass is 286 g/mol. The molecule has 6 heteroatoms. The van der Waals surface area contributed by atoms with E-state index in [1.54, 1.807) is 23.3 Å². The second-order valence-corrected chi connectivity index (χ2v) is 5.47. The number of para-hydroxylation sites is 1. The molecular formula is C15H18N4O2. The number of amides is 1. The highest BCUT2D eigenvalue weighted by Crippen LogP contribution is 2.24. The van der Waals surface area contributed by atoms with Gasteiger partial charge in [-0.3, -0.25) is 9.36 Å². The minimum absolute atomic E-state index is 0.115. The summed E-state index contributed by atoms with van der Waals surface area (Å²) in [6.45, 7) is 3.32. The molecular weight excluding hydrogens is 268 g/mol. The van der Waals surface area contributed by atoms with Gasteiger partial charge in [-0.2, -0.15) is 0 Å². The fourth-order valence-corrected chi connectivity index (χ4v) is 2.55. The van der Waals surface area contributed by atoms with Crippen molar-refractivity contribution in [1.82, 2.24) is 20.1 Å². The molecule has 1 aromatic heterocycles. The maximum absolute atomic E-state index is 12.4. The van der Waals surface area contributed by atoms with E-state index in [2.05, 4.69) is 15.5 Å². The SMILES string of the molecule is C[C@]1(CNC(=O)c2ccccc2-n2cnnc2)CCCO1. The van der Waals surface area contributed by atoms with Crippen molar-refractivity contribution in [3.05, 3.63) is 42.5 Å². The molecule has 6 nitrogen and oxygen atoms in total. The molecule has 0 spiro atoms. The largest absolute Gasteiger partial charge is 0.373 e. The van der Waals surface area contributed by atoms with Gasteiger partial charge in [0, 0.05) is 13.2 Å². The molecule has 1 aliphatic heterocycles. The van der Waals surface area contributed by atoms with Crippen LogP contribution in [-0.4, -0.2) is 39.4 Å². The van der Waals surface area contributed by atoms with Crippen LogP contribution in [0.1, 0.15) is 30.1 Å². The van der Waals surface area contributed by atoms with E-state index in [0.717, 1.165) is 25.1 Å². The average Bonchev–Trinajstić information content (AvgIpc) is 3.17. The molecule has 0 saturated carbocycles. The van der Waals surface area contributed by atoms with Crippen molar-refractivity contribution < 1.29 is 9.53 Å². The van der Waals surface area contributed by atoms with Crippen molar-refractivity contribution in [2.75, 3.05) is 13.2 Å². The molecule has 1 saturated heterocycles. The van der Waals surface area contributed by atoms with Crippen molar-refractivity contribution >= 4 is 5.91 Å². The molecule has 1 atom stereocenters. The van der Waals surface area contributed by atoms with Crippen LogP contribution in [0.25, 0.3) is 5.69 Å². The minimum atomic E-state index is -0.249. The molecule has 0 aliphatic carbocycles. The number of rotatable bonds is 4. The van der Waals surface area contributed by atoms with Gasteiger partial charge in [-0.1, -0.05) is 12.1 Å². The number of benzene rings is 1. The van der Waals surface area contributed by atoms with Gasteiger partial charge in [0.15, 0.2) is 0 Å². The van der Waals surface area contributed by atoms with E-state index in [1.807, 2.05) is 25.1 Å². The third-order valence-corrected chi connectivity index (χ3v) is 3.77. The van der Waals surface area contributed by atoms with Crippen LogP contribution in [0.5, 0.6) is 0 Å². The summed E-state index contributed by atoms with van der Waals surface area (Å²) in [6, 6.07) is 7.39. The zero-order valence-electron chi connectivity index (χ0n) is 12.0. The number of nitrogens with zero attached hydrogens (tertiary/aromatic N) is 3. The molecule has 0 bridgehead atoms. The first-order valence-corrected chi connectivity index (χ1v) is 7.04. The number of hydrogen-bond donors (Lipinski definition) is 1. The van der Waals surface area contributed by atoms with Gasteiger partial charge in [0.05, 0.1) is 16.9 Å². The lowest BCUT2D eigenvalue weighted by molar-refractivity contribution is 0.0206. The molecule has 1 fully saturated rings. The van der Waals surface area contributed by atoms with E-state index in [0.29, 0.717) is 12.1 Å². The summed E-state index contributed by atoms with van der Waals surface area (Å²) < 4.78 is 7.41. The Balaban J connectivity index is 1.76. The highest BCUT2D eigenvalue weighted by atomic mass is 16.5. The maximum Gasteiger partial charge on any atom is 0.253 e. The fourth-order valence-electron chi connectivity index (χ4n) is 2.55. The molecule has 1 aromatic carbocycles. The number of carbonyl (C=O) groups excluding carboxylic acids is 1. The van der Waals surface area contributed by atoms with E-state index in [1.165, 1.54) is 0 Å². The maximum atomic E-state index is 12.4. The standard InChI is InChI=1S/C15H18N4O2/c1-15(7-4-8-21-15)9-16-14(20)12-5-2-3-6-13(12)19-10-17-18-11-19/h2-3,5-6,10-11H,4,7-9H2,1H3,(H,16,20)/t15-/m1/s1. The van der Waals surface area contributed by atoms with Crippen LogP contribution in [0.4, 0.5) is 0 Å². The molecule has 0 unspecified atom stereocenters. The number of carbonyl (C=O) groups is 1. The van der Waals surface area contributed by atoms with Gasteiger partial charge < -0.3 is 10.1 Å². The van der Waals surface area contributed by atoms with E-state index >= 15 is 0 Å². The average molecular weight is 286 g/mol. The highest BCUT2D eigenvalue weighted by molar-refractivity contribution is 5.97. The fraction of sp³-hybridized carbons (Fsp3) is 0.400. The molecule has 2 heterocycles. The van der Waals surface area contributed by atoms with E-state index in [9.17, 15) is 4.79 Å². The van der Waals surface area contributed by atoms with Gasteiger partial charge in [0.1, 0.15) is 12.7 Å². The number of aromatic nitrogens is 3. The third kappa shape index (κ3) is 2.95.